The van der Waals surface area contributed by atoms with Crippen LogP contribution in [0.15, 0.2) is 34.7 Å². The molecule has 1 unspecified atom stereocenters. The number of sulfonamides is 1. The second-order valence-electron chi connectivity index (χ2n) is 4.73. The summed E-state index contributed by atoms with van der Waals surface area (Å²) in [6.45, 7) is 2.20. The smallest absolute Gasteiger partial charge is 0.275 e. The van der Waals surface area contributed by atoms with Gasteiger partial charge in [-0.2, -0.15) is 0 Å². The molecule has 1 aromatic carbocycles. The highest BCUT2D eigenvalue weighted by atomic mass is 32.2. The Labute approximate surface area is 122 Å². The van der Waals surface area contributed by atoms with Gasteiger partial charge >= 0.3 is 0 Å². The zero-order chi connectivity index (χ0) is 14.3. The fourth-order valence-corrected chi connectivity index (χ4v) is 5.11. The normalized spacial score (nSPS) is 18.9. The van der Waals surface area contributed by atoms with Gasteiger partial charge in [-0.1, -0.05) is 18.2 Å². The number of benzene rings is 1. The van der Waals surface area contributed by atoms with Gasteiger partial charge in [0.2, 0.25) is 0 Å². The van der Waals surface area contributed by atoms with E-state index in [0.29, 0.717) is 18.7 Å². The summed E-state index contributed by atoms with van der Waals surface area (Å²) in [4.78, 5) is 4.04. The van der Waals surface area contributed by atoms with E-state index < -0.39 is 10.0 Å². The predicted molar refractivity (Wildman–Crippen MR) is 79.4 cm³/mol. The van der Waals surface area contributed by atoms with Gasteiger partial charge in [-0.25, -0.2) is 13.4 Å². The lowest BCUT2D eigenvalue weighted by atomic mass is 9.99. The monoisotopic (exact) mass is 309 g/mol. The highest BCUT2D eigenvalue weighted by Crippen LogP contribution is 2.36. The van der Waals surface area contributed by atoms with Crippen molar-refractivity contribution in [3.63, 3.8) is 0 Å². The Hall–Kier alpha value is -1.44. The van der Waals surface area contributed by atoms with Crippen LogP contribution in [0, 0.1) is 6.92 Å². The van der Waals surface area contributed by atoms with E-state index in [4.69, 9.17) is 5.73 Å². The molecule has 1 aliphatic heterocycles. The maximum Gasteiger partial charge on any atom is 0.275 e. The Kier molecular flexibility index (Phi) is 3.27. The van der Waals surface area contributed by atoms with E-state index in [-0.39, 0.29) is 10.3 Å². The van der Waals surface area contributed by atoms with Crippen LogP contribution in [0.1, 0.15) is 23.0 Å². The molecule has 2 N–H and O–H groups in total. The molecule has 1 atom stereocenters. The maximum atomic E-state index is 12.7. The van der Waals surface area contributed by atoms with Crippen molar-refractivity contribution in [2.45, 2.75) is 23.6 Å². The summed E-state index contributed by atoms with van der Waals surface area (Å²) in [5.74, 6) is 0. The molecule has 7 heteroatoms. The van der Waals surface area contributed by atoms with E-state index in [1.807, 2.05) is 18.2 Å². The third-order valence-electron chi connectivity index (χ3n) is 3.39. The topological polar surface area (TPSA) is 76.3 Å². The number of nitrogens with two attached hydrogens (primary N) is 1. The van der Waals surface area contributed by atoms with Gasteiger partial charge in [-0.3, -0.25) is 4.31 Å². The van der Waals surface area contributed by atoms with E-state index in [0.717, 1.165) is 10.6 Å². The number of hydrogen-bond acceptors (Lipinski definition) is 5. The van der Waals surface area contributed by atoms with Crippen molar-refractivity contribution in [3.05, 3.63) is 41.0 Å². The molecule has 106 valence electrons. The van der Waals surface area contributed by atoms with Crippen molar-refractivity contribution in [2.24, 2.45) is 5.73 Å². The lowest BCUT2D eigenvalue weighted by Crippen LogP contribution is -2.38. The van der Waals surface area contributed by atoms with E-state index in [1.165, 1.54) is 21.8 Å². The standard InChI is InChI=1S/C13H15N3O2S2/c1-9-15-8-13(19-9)20(17,18)16-7-6-11(14)10-4-2-3-5-12(10)16/h2-5,8,11H,6-7,14H2,1H3. The summed E-state index contributed by atoms with van der Waals surface area (Å²) in [7, 11) is -3.54. The number of aryl methyl sites for hydroxylation is 1. The molecule has 3 rings (SSSR count). The van der Waals surface area contributed by atoms with Crippen LogP contribution in [0.25, 0.3) is 0 Å². The summed E-state index contributed by atoms with van der Waals surface area (Å²) in [5, 5.41) is 0.741. The summed E-state index contributed by atoms with van der Waals surface area (Å²) < 4.78 is 27.2. The molecule has 0 amide bonds. The Bertz CT molecular complexity index is 740. The van der Waals surface area contributed by atoms with E-state index in [1.54, 1.807) is 13.0 Å². The molecule has 0 radical (unpaired) electrons. The largest absolute Gasteiger partial charge is 0.324 e. The van der Waals surface area contributed by atoms with Crippen LogP contribution < -0.4 is 10.0 Å². The second kappa shape index (κ2) is 4.83. The SMILES string of the molecule is Cc1ncc(S(=O)(=O)N2CCC(N)c3ccccc32)s1. The first-order valence-electron chi connectivity index (χ1n) is 6.30. The Morgan fingerprint density at radius 3 is 2.85 bits per heavy atom. The van der Waals surface area contributed by atoms with Gasteiger partial charge < -0.3 is 5.73 Å². The highest BCUT2D eigenvalue weighted by molar-refractivity contribution is 7.94. The van der Waals surface area contributed by atoms with Crippen molar-refractivity contribution < 1.29 is 8.42 Å². The number of hydrogen-bond donors (Lipinski definition) is 1. The molecule has 1 aliphatic rings. The minimum atomic E-state index is -3.54. The number of thiazole rings is 1. The molecule has 0 saturated heterocycles. The fourth-order valence-electron chi connectivity index (χ4n) is 2.38. The first-order valence-corrected chi connectivity index (χ1v) is 8.55. The Morgan fingerprint density at radius 1 is 1.40 bits per heavy atom. The summed E-state index contributed by atoms with van der Waals surface area (Å²) in [6, 6.07) is 7.29. The lowest BCUT2D eigenvalue weighted by molar-refractivity contribution is 0.576. The van der Waals surface area contributed by atoms with E-state index >= 15 is 0 Å². The Morgan fingerprint density at radius 2 is 2.15 bits per heavy atom. The van der Waals surface area contributed by atoms with Gasteiger partial charge in [0.25, 0.3) is 10.0 Å². The molecule has 0 saturated carbocycles. The van der Waals surface area contributed by atoms with Crippen LogP contribution >= 0.6 is 11.3 Å². The third-order valence-corrected chi connectivity index (χ3v) is 6.56. The Balaban J connectivity index is 2.10. The molecule has 0 aliphatic carbocycles. The van der Waals surface area contributed by atoms with Crippen LogP contribution in [0.2, 0.25) is 0 Å². The molecule has 5 nitrogen and oxygen atoms in total. The van der Waals surface area contributed by atoms with Gasteiger partial charge in [0.05, 0.1) is 16.9 Å². The lowest BCUT2D eigenvalue weighted by Gasteiger charge is -2.32. The van der Waals surface area contributed by atoms with Crippen LogP contribution in [0.4, 0.5) is 5.69 Å². The van der Waals surface area contributed by atoms with E-state index in [9.17, 15) is 8.42 Å². The summed E-state index contributed by atoms with van der Waals surface area (Å²) >= 11 is 1.19. The maximum absolute atomic E-state index is 12.7. The molecule has 2 heterocycles. The molecule has 0 bridgehead atoms. The van der Waals surface area contributed by atoms with Crippen LogP contribution in [0.5, 0.6) is 0 Å². The van der Waals surface area contributed by atoms with Crippen molar-refractivity contribution >= 4 is 27.0 Å². The number of fused-ring (bicyclic) bond motifs is 1. The van der Waals surface area contributed by atoms with Crippen LogP contribution in [-0.2, 0) is 10.0 Å². The number of aromatic nitrogens is 1. The molecule has 2 aromatic rings. The van der Waals surface area contributed by atoms with Gasteiger partial charge in [0.1, 0.15) is 0 Å². The van der Waals surface area contributed by atoms with E-state index in [2.05, 4.69) is 4.98 Å². The zero-order valence-electron chi connectivity index (χ0n) is 11.0. The van der Waals surface area contributed by atoms with Crippen molar-refractivity contribution in [1.82, 2.24) is 4.98 Å². The minimum absolute atomic E-state index is 0.110. The number of rotatable bonds is 2. The van der Waals surface area contributed by atoms with Crippen LogP contribution in [0.3, 0.4) is 0 Å². The molecule has 1 aromatic heterocycles. The minimum Gasteiger partial charge on any atom is -0.324 e. The van der Waals surface area contributed by atoms with Crippen molar-refractivity contribution in [2.75, 3.05) is 10.8 Å². The zero-order valence-corrected chi connectivity index (χ0v) is 12.6. The first kappa shape index (κ1) is 13.5. The highest BCUT2D eigenvalue weighted by Gasteiger charge is 2.32. The fraction of sp³-hybridized carbons (Fsp3) is 0.308. The second-order valence-corrected chi connectivity index (χ2v) is 8.05. The molecule has 0 spiro atoms. The average Bonchev–Trinajstić information content (AvgIpc) is 2.87. The molecular weight excluding hydrogens is 294 g/mol. The van der Waals surface area contributed by atoms with Crippen molar-refractivity contribution in [1.29, 1.82) is 0 Å². The van der Waals surface area contributed by atoms with Gasteiger partial charge in [0, 0.05) is 12.6 Å². The summed E-state index contributed by atoms with van der Waals surface area (Å²) in [5.41, 5.74) is 7.62. The average molecular weight is 309 g/mol. The van der Waals surface area contributed by atoms with Crippen LogP contribution in [-0.4, -0.2) is 19.9 Å². The first-order chi connectivity index (χ1) is 9.50. The summed E-state index contributed by atoms with van der Waals surface area (Å²) in [6.07, 6.45) is 2.04. The third kappa shape index (κ3) is 2.11. The molecule has 0 fully saturated rings. The van der Waals surface area contributed by atoms with Gasteiger partial charge in [-0.05, 0) is 25.0 Å². The molecular formula is C13H15N3O2S2. The predicted octanol–water partition coefficient (Wildman–Crippen LogP) is 2.05. The van der Waals surface area contributed by atoms with Gasteiger partial charge in [-0.15, -0.1) is 11.3 Å². The quantitative estimate of drug-likeness (QED) is 0.921. The number of anilines is 1. The van der Waals surface area contributed by atoms with Gasteiger partial charge in [0.15, 0.2) is 4.21 Å². The number of para-hydroxylation sites is 1. The molecule has 20 heavy (non-hydrogen) atoms. The van der Waals surface area contributed by atoms with Crippen molar-refractivity contribution in [3.8, 4) is 0 Å². The number of nitrogens with zero attached hydrogens (tertiary/aromatic N) is 2.